The van der Waals surface area contributed by atoms with Gasteiger partial charge in [-0.25, -0.2) is 0 Å². The van der Waals surface area contributed by atoms with Crippen molar-refractivity contribution in [2.75, 3.05) is 18.4 Å². The lowest BCUT2D eigenvalue weighted by Gasteiger charge is -2.07. The summed E-state index contributed by atoms with van der Waals surface area (Å²) in [6.45, 7) is 0.0377. The molecule has 172 valence electrons. The first-order valence-electron chi connectivity index (χ1n) is 9.48. The van der Waals surface area contributed by atoms with Crippen LogP contribution >= 0.6 is 23.1 Å². The van der Waals surface area contributed by atoms with Gasteiger partial charge >= 0.3 is 0 Å². The molecule has 0 fully saturated rings. The summed E-state index contributed by atoms with van der Waals surface area (Å²) in [4.78, 5) is 23.4. The fourth-order valence-electron chi connectivity index (χ4n) is 2.04. The molecular weight excluding hydrogens is 452 g/mol. The van der Waals surface area contributed by atoms with Crippen LogP contribution < -0.4 is 21.3 Å². The molecule has 0 bridgehead atoms. The lowest BCUT2D eigenvalue weighted by Crippen LogP contribution is -2.35. The van der Waals surface area contributed by atoms with E-state index in [9.17, 15) is 9.59 Å². The second kappa shape index (κ2) is 16.3. The largest absolute Gasteiger partial charge is 0.382 e. The number of amidine groups is 1. The Kier molecular flexibility index (Phi) is 13.6. The van der Waals surface area contributed by atoms with Crippen LogP contribution in [0.1, 0.15) is 24.3 Å². The first-order valence-corrected chi connectivity index (χ1v) is 11.1. The molecule has 0 aliphatic rings. The molecule has 0 atom stereocenters. The number of hydrogen-bond acceptors (Lipinski definition) is 12. The van der Waals surface area contributed by atoms with Crippen molar-refractivity contribution in [3.63, 3.8) is 0 Å². The standard InChI is InChI=1S/C18H26N10O2S2/c19-7-3-9-23-11-14(29)25-17(22)31-13(21)5-1-2-6-16-27-28-18(32-16)26-15(30)12-24-10-4-8-20/h3-4,7-10,19-21,23-24H,1-2,5-6,11-12H2,(H2,22,25,29)(H,26,28,30)/b9-3-,10-4-,19-7?,20-8?,21-13?. The molecule has 2 amide bonds. The molecule has 0 unspecified atom stereocenters. The van der Waals surface area contributed by atoms with Gasteiger partial charge in [-0.15, -0.1) is 10.2 Å². The van der Waals surface area contributed by atoms with E-state index in [1.165, 1.54) is 35.9 Å². The molecule has 1 aromatic heterocycles. The number of unbranched alkanes of at least 4 members (excludes halogenated alkanes) is 1. The van der Waals surface area contributed by atoms with Gasteiger partial charge in [-0.3, -0.25) is 25.7 Å². The summed E-state index contributed by atoms with van der Waals surface area (Å²) in [6, 6.07) is 0. The molecule has 1 aromatic rings. The topological polar surface area (TPSA) is 203 Å². The Morgan fingerprint density at radius 1 is 0.969 bits per heavy atom. The van der Waals surface area contributed by atoms with Gasteiger partial charge in [0.05, 0.1) is 18.1 Å². The molecule has 0 aliphatic carbocycles. The lowest BCUT2D eigenvalue weighted by atomic mass is 10.2. The molecule has 8 N–H and O–H groups in total. The fourth-order valence-corrected chi connectivity index (χ4v) is 3.49. The predicted molar refractivity (Wildman–Crippen MR) is 129 cm³/mol. The SMILES string of the molecule is N=C/C=C\NCC(=O)NC(=N)SC(=N)CCCCc1nnc(NC(=O)CN/C=C\C=N)s1. The molecule has 0 aliphatic heterocycles. The van der Waals surface area contributed by atoms with Crippen LogP contribution in [0.4, 0.5) is 5.13 Å². The van der Waals surface area contributed by atoms with Gasteiger partial charge in [-0.05, 0) is 55.6 Å². The smallest absolute Gasteiger partial charge is 0.245 e. The summed E-state index contributed by atoms with van der Waals surface area (Å²) in [5, 5.41) is 49.1. The first-order chi connectivity index (χ1) is 15.4. The Bertz CT molecular complexity index is 866. The Morgan fingerprint density at radius 3 is 2.28 bits per heavy atom. The van der Waals surface area contributed by atoms with E-state index >= 15 is 0 Å². The minimum Gasteiger partial charge on any atom is -0.382 e. The fraction of sp³-hybridized carbons (Fsp3) is 0.333. The summed E-state index contributed by atoms with van der Waals surface area (Å²) >= 11 is 2.19. The summed E-state index contributed by atoms with van der Waals surface area (Å²) in [5.74, 6) is -0.663. The van der Waals surface area contributed by atoms with E-state index in [4.69, 9.17) is 21.6 Å². The second-order valence-corrected chi connectivity index (χ2v) is 8.14. The van der Waals surface area contributed by atoms with Crippen molar-refractivity contribution in [3.8, 4) is 0 Å². The van der Waals surface area contributed by atoms with Crippen molar-refractivity contribution >= 4 is 62.7 Å². The summed E-state index contributed by atoms with van der Waals surface area (Å²) in [5.41, 5.74) is 0. The van der Waals surface area contributed by atoms with E-state index in [1.54, 1.807) is 0 Å². The number of nitrogens with one attached hydrogen (secondary N) is 8. The zero-order valence-corrected chi connectivity index (χ0v) is 18.9. The quantitative estimate of drug-likeness (QED) is 0.112. The number of carbonyl (C=O) groups excluding carboxylic acids is 2. The van der Waals surface area contributed by atoms with E-state index in [1.807, 2.05) is 0 Å². The van der Waals surface area contributed by atoms with E-state index < -0.39 is 5.91 Å². The summed E-state index contributed by atoms with van der Waals surface area (Å²) in [7, 11) is 0. The van der Waals surface area contributed by atoms with Gasteiger partial charge in [0.15, 0.2) is 5.17 Å². The van der Waals surface area contributed by atoms with Crippen LogP contribution in [0.3, 0.4) is 0 Å². The minimum atomic E-state index is -0.400. The van der Waals surface area contributed by atoms with Crippen LogP contribution in [0.15, 0.2) is 24.6 Å². The lowest BCUT2D eigenvalue weighted by molar-refractivity contribution is -0.118. The number of amides is 2. The highest BCUT2D eigenvalue weighted by atomic mass is 32.2. The molecule has 0 aromatic carbocycles. The van der Waals surface area contributed by atoms with Crippen molar-refractivity contribution in [3.05, 3.63) is 29.6 Å². The number of aryl methyl sites for hydroxylation is 1. The highest BCUT2D eigenvalue weighted by Gasteiger charge is 2.10. The summed E-state index contributed by atoms with van der Waals surface area (Å²) in [6.07, 6.45) is 10.6. The minimum absolute atomic E-state index is 0.0246. The first kappa shape index (κ1) is 26.6. The van der Waals surface area contributed by atoms with E-state index in [0.29, 0.717) is 24.4 Å². The van der Waals surface area contributed by atoms with Gasteiger partial charge in [0, 0.05) is 18.9 Å². The Labute approximate surface area is 193 Å². The maximum atomic E-state index is 11.7. The number of nitrogens with zero attached hydrogens (tertiary/aromatic N) is 2. The maximum absolute atomic E-state index is 11.7. The zero-order valence-electron chi connectivity index (χ0n) is 17.2. The Hall–Kier alpha value is -3.39. The number of hydrogen-bond donors (Lipinski definition) is 8. The molecule has 12 nitrogen and oxygen atoms in total. The third kappa shape index (κ3) is 13.0. The summed E-state index contributed by atoms with van der Waals surface area (Å²) < 4.78 is 0. The third-order valence-electron chi connectivity index (χ3n) is 3.38. The van der Waals surface area contributed by atoms with Crippen LogP contribution in [0, 0.1) is 21.6 Å². The highest BCUT2D eigenvalue weighted by molar-refractivity contribution is 8.26. The molecular formula is C18H26N10O2S2. The number of allylic oxidation sites excluding steroid dienone is 2. The van der Waals surface area contributed by atoms with Crippen LogP contribution in [-0.4, -0.2) is 57.7 Å². The molecule has 14 heteroatoms. The van der Waals surface area contributed by atoms with Gasteiger partial charge in [0.25, 0.3) is 0 Å². The second-order valence-electron chi connectivity index (χ2n) is 5.97. The Morgan fingerprint density at radius 2 is 1.62 bits per heavy atom. The van der Waals surface area contributed by atoms with E-state index in [2.05, 4.69) is 31.5 Å². The molecule has 1 heterocycles. The molecule has 0 radical (unpaired) electrons. The molecule has 0 saturated carbocycles. The average Bonchev–Trinajstić information content (AvgIpc) is 3.18. The number of carbonyl (C=O) groups is 2. The number of thioether (sulfide) groups is 1. The molecule has 1 rings (SSSR count). The van der Waals surface area contributed by atoms with Gasteiger partial charge in [0.1, 0.15) is 5.01 Å². The normalized spacial score (nSPS) is 10.6. The van der Waals surface area contributed by atoms with Gasteiger partial charge in [-0.1, -0.05) is 11.3 Å². The Balaban J connectivity index is 2.20. The van der Waals surface area contributed by atoms with Crippen LogP contribution in [0.5, 0.6) is 0 Å². The third-order valence-corrected chi connectivity index (χ3v) is 5.04. The predicted octanol–water partition coefficient (Wildman–Crippen LogP) is 1.46. The maximum Gasteiger partial charge on any atom is 0.245 e. The van der Waals surface area contributed by atoms with E-state index in [-0.39, 0.29) is 29.2 Å². The van der Waals surface area contributed by atoms with E-state index in [0.717, 1.165) is 35.6 Å². The molecule has 0 saturated heterocycles. The monoisotopic (exact) mass is 478 g/mol. The van der Waals surface area contributed by atoms with Gasteiger partial charge in [-0.2, -0.15) is 0 Å². The van der Waals surface area contributed by atoms with Crippen molar-refractivity contribution in [2.45, 2.75) is 25.7 Å². The van der Waals surface area contributed by atoms with Crippen LogP contribution in [-0.2, 0) is 16.0 Å². The van der Waals surface area contributed by atoms with Gasteiger partial charge < -0.3 is 26.8 Å². The zero-order chi connectivity index (χ0) is 23.6. The van der Waals surface area contributed by atoms with Crippen molar-refractivity contribution in [1.82, 2.24) is 26.1 Å². The number of anilines is 1. The molecule has 32 heavy (non-hydrogen) atoms. The average molecular weight is 479 g/mol. The van der Waals surface area contributed by atoms with Gasteiger partial charge in [0.2, 0.25) is 16.9 Å². The van der Waals surface area contributed by atoms with Crippen molar-refractivity contribution in [1.29, 1.82) is 21.6 Å². The number of rotatable bonds is 14. The highest BCUT2D eigenvalue weighted by Crippen LogP contribution is 2.18. The molecule has 0 spiro atoms. The van der Waals surface area contributed by atoms with Crippen molar-refractivity contribution in [2.24, 2.45) is 0 Å². The van der Waals surface area contributed by atoms with Crippen molar-refractivity contribution < 1.29 is 9.59 Å². The number of aromatic nitrogens is 2. The van der Waals surface area contributed by atoms with Crippen LogP contribution in [0.25, 0.3) is 0 Å². The van der Waals surface area contributed by atoms with Crippen LogP contribution in [0.2, 0.25) is 0 Å².